The molecule has 2 aromatic heterocycles. The summed E-state index contributed by atoms with van der Waals surface area (Å²) in [5.41, 5.74) is 0.877. The zero-order valence-electron chi connectivity index (χ0n) is 11.2. The van der Waals surface area contributed by atoms with Gasteiger partial charge < -0.3 is 9.30 Å². The molecule has 3 rings (SSSR count). The van der Waals surface area contributed by atoms with E-state index in [0.717, 1.165) is 24.0 Å². The molecule has 0 amide bonds. The van der Waals surface area contributed by atoms with Crippen LogP contribution in [0.3, 0.4) is 0 Å². The standard InChI is InChI=1S/C15H19N3O/c1-19-14-8-4-7-13(17-14)15-16-9-10-18(15)11-12-5-2-3-6-12/h4,7-10,12H,2-3,5-6,11H2,1H3. The summed E-state index contributed by atoms with van der Waals surface area (Å²) in [6, 6.07) is 5.79. The molecule has 0 N–H and O–H groups in total. The van der Waals surface area contributed by atoms with Crippen LogP contribution in [0.2, 0.25) is 0 Å². The summed E-state index contributed by atoms with van der Waals surface area (Å²) in [6.07, 6.45) is 9.31. The highest BCUT2D eigenvalue weighted by Crippen LogP contribution is 2.28. The fraction of sp³-hybridized carbons (Fsp3) is 0.467. The van der Waals surface area contributed by atoms with Crippen LogP contribution in [0.4, 0.5) is 0 Å². The minimum absolute atomic E-state index is 0.632. The Morgan fingerprint density at radius 3 is 2.95 bits per heavy atom. The average molecular weight is 257 g/mol. The molecule has 0 aromatic carbocycles. The summed E-state index contributed by atoms with van der Waals surface area (Å²) in [5, 5.41) is 0. The first kappa shape index (κ1) is 12.2. The lowest BCUT2D eigenvalue weighted by molar-refractivity contribution is 0.398. The number of aromatic nitrogens is 3. The van der Waals surface area contributed by atoms with Gasteiger partial charge in [-0.2, -0.15) is 0 Å². The fourth-order valence-electron chi connectivity index (χ4n) is 2.81. The molecule has 4 heteroatoms. The third-order valence-electron chi connectivity index (χ3n) is 3.81. The second kappa shape index (κ2) is 5.43. The van der Waals surface area contributed by atoms with E-state index in [1.54, 1.807) is 7.11 Å². The fourth-order valence-corrected chi connectivity index (χ4v) is 2.81. The van der Waals surface area contributed by atoms with E-state index in [9.17, 15) is 0 Å². The van der Waals surface area contributed by atoms with E-state index >= 15 is 0 Å². The lowest BCUT2D eigenvalue weighted by Crippen LogP contribution is -2.08. The molecule has 0 spiro atoms. The second-order valence-corrected chi connectivity index (χ2v) is 5.12. The molecule has 0 atom stereocenters. The van der Waals surface area contributed by atoms with Crippen molar-refractivity contribution >= 4 is 0 Å². The molecule has 0 aliphatic heterocycles. The van der Waals surface area contributed by atoms with E-state index < -0.39 is 0 Å². The Balaban J connectivity index is 1.85. The van der Waals surface area contributed by atoms with E-state index in [-0.39, 0.29) is 0 Å². The Morgan fingerprint density at radius 2 is 2.16 bits per heavy atom. The smallest absolute Gasteiger partial charge is 0.213 e. The summed E-state index contributed by atoms with van der Waals surface area (Å²) in [7, 11) is 1.64. The van der Waals surface area contributed by atoms with Gasteiger partial charge in [0.15, 0.2) is 5.82 Å². The van der Waals surface area contributed by atoms with Crippen LogP contribution in [-0.2, 0) is 6.54 Å². The largest absolute Gasteiger partial charge is 0.481 e. The molecule has 2 aromatic rings. The van der Waals surface area contributed by atoms with Crippen molar-refractivity contribution in [1.82, 2.24) is 14.5 Å². The molecule has 0 unspecified atom stereocenters. The van der Waals surface area contributed by atoms with Gasteiger partial charge in [0.2, 0.25) is 5.88 Å². The van der Waals surface area contributed by atoms with Crippen LogP contribution in [0.15, 0.2) is 30.6 Å². The lowest BCUT2D eigenvalue weighted by atomic mass is 10.1. The highest BCUT2D eigenvalue weighted by molar-refractivity contribution is 5.50. The van der Waals surface area contributed by atoms with Crippen molar-refractivity contribution in [2.24, 2.45) is 5.92 Å². The van der Waals surface area contributed by atoms with Crippen molar-refractivity contribution in [3.63, 3.8) is 0 Å². The summed E-state index contributed by atoms with van der Waals surface area (Å²) in [4.78, 5) is 8.91. The third kappa shape index (κ3) is 2.62. The normalized spacial score (nSPS) is 15.8. The lowest BCUT2D eigenvalue weighted by Gasteiger charge is -2.12. The predicted molar refractivity (Wildman–Crippen MR) is 74.0 cm³/mol. The SMILES string of the molecule is COc1cccc(-c2nccn2CC2CCCC2)n1. The van der Waals surface area contributed by atoms with Gasteiger partial charge in [-0.1, -0.05) is 18.9 Å². The van der Waals surface area contributed by atoms with Gasteiger partial charge in [0.25, 0.3) is 0 Å². The highest BCUT2D eigenvalue weighted by atomic mass is 16.5. The van der Waals surface area contributed by atoms with Crippen LogP contribution >= 0.6 is 0 Å². The van der Waals surface area contributed by atoms with E-state index in [4.69, 9.17) is 4.74 Å². The number of methoxy groups -OCH3 is 1. The second-order valence-electron chi connectivity index (χ2n) is 5.12. The van der Waals surface area contributed by atoms with E-state index in [1.807, 2.05) is 24.4 Å². The molecule has 0 saturated heterocycles. The first-order valence-corrected chi connectivity index (χ1v) is 6.89. The Morgan fingerprint density at radius 1 is 1.32 bits per heavy atom. The molecule has 1 aliphatic carbocycles. The van der Waals surface area contributed by atoms with Crippen molar-refractivity contribution < 1.29 is 4.74 Å². The number of rotatable bonds is 4. The van der Waals surface area contributed by atoms with Gasteiger partial charge in [-0.25, -0.2) is 9.97 Å². The molecule has 1 saturated carbocycles. The minimum Gasteiger partial charge on any atom is -0.481 e. The zero-order valence-corrected chi connectivity index (χ0v) is 11.2. The van der Waals surface area contributed by atoms with Crippen molar-refractivity contribution in [3.05, 3.63) is 30.6 Å². The molecule has 4 nitrogen and oxygen atoms in total. The van der Waals surface area contributed by atoms with Crippen LogP contribution < -0.4 is 4.74 Å². The zero-order chi connectivity index (χ0) is 13.1. The molecular formula is C15H19N3O. The van der Waals surface area contributed by atoms with Crippen LogP contribution in [0.1, 0.15) is 25.7 Å². The Labute approximate surface area is 113 Å². The van der Waals surface area contributed by atoms with E-state index in [0.29, 0.717) is 5.88 Å². The number of nitrogens with zero attached hydrogens (tertiary/aromatic N) is 3. The van der Waals surface area contributed by atoms with Crippen molar-refractivity contribution in [3.8, 4) is 17.4 Å². The molecular weight excluding hydrogens is 238 g/mol. The molecule has 19 heavy (non-hydrogen) atoms. The molecule has 0 radical (unpaired) electrons. The van der Waals surface area contributed by atoms with Gasteiger partial charge in [-0.05, 0) is 24.8 Å². The monoisotopic (exact) mass is 257 g/mol. The quantitative estimate of drug-likeness (QED) is 0.844. The summed E-state index contributed by atoms with van der Waals surface area (Å²) in [6.45, 7) is 1.05. The molecule has 100 valence electrons. The number of pyridine rings is 1. The maximum absolute atomic E-state index is 5.18. The topological polar surface area (TPSA) is 39.9 Å². The van der Waals surface area contributed by atoms with Crippen LogP contribution in [0.25, 0.3) is 11.5 Å². The van der Waals surface area contributed by atoms with Crippen molar-refractivity contribution in [1.29, 1.82) is 0 Å². The first-order chi connectivity index (χ1) is 9.36. The number of imidazole rings is 1. The summed E-state index contributed by atoms with van der Waals surface area (Å²) >= 11 is 0. The molecule has 2 heterocycles. The van der Waals surface area contributed by atoms with Gasteiger partial charge >= 0.3 is 0 Å². The third-order valence-corrected chi connectivity index (χ3v) is 3.81. The van der Waals surface area contributed by atoms with E-state index in [1.165, 1.54) is 25.7 Å². The van der Waals surface area contributed by atoms with Crippen molar-refractivity contribution in [2.45, 2.75) is 32.2 Å². The van der Waals surface area contributed by atoms with E-state index in [2.05, 4.69) is 20.7 Å². The number of hydrogen-bond acceptors (Lipinski definition) is 3. The molecule has 1 fully saturated rings. The molecule has 1 aliphatic rings. The first-order valence-electron chi connectivity index (χ1n) is 6.89. The van der Waals surface area contributed by atoms with Gasteiger partial charge in [0, 0.05) is 25.0 Å². The predicted octanol–water partition coefficient (Wildman–Crippen LogP) is 3.14. The van der Waals surface area contributed by atoms with Gasteiger partial charge in [-0.15, -0.1) is 0 Å². The maximum Gasteiger partial charge on any atom is 0.213 e. The van der Waals surface area contributed by atoms with Gasteiger partial charge in [0.1, 0.15) is 5.69 Å². The van der Waals surface area contributed by atoms with Crippen LogP contribution in [0, 0.1) is 5.92 Å². The average Bonchev–Trinajstić information content (AvgIpc) is 3.11. The minimum atomic E-state index is 0.632. The molecule has 0 bridgehead atoms. The number of hydrogen-bond donors (Lipinski definition) is 0. The Hall–Kier alpha value is -1.84. The van der Waals surface area contributed by atoms with Crippen LogP contribution in [-0.4, -0.2) is 21.6 Å². The summed E-state index contributed by atoms with van der Waals surface area (Å²) in [5.74, 6) is 2.36. The summed E-state index contributed by atoms with van der Waals surface area (Å²) < 4.78 is 7.40. The van der Waals surface area contributed by atoms with Gasteiger partial charge in [-0.3, -0.25) is 0 Å². The highest BCUT2D eigenvalue weighted by Gasteiger charge is 2.17. The number of ether oxygens (including phenoxy) is 1. The maximum atomic E-state index is 5.18. The van der Waals surface area contributed by atoms with Gasteiger partial charge in [0.05, 0.1) is 7.11 Å². The Bertz CT molecular complexity index is 544. The van der Waals surface area contributed by atoms with Crippen LogP contribution in [0.5, 0.6) is 5.88 Å². The van der Waals surface area contributed by atoms with Crippen molar-refractivity contribution in [2.75, 3.05) is 7.11 Å². The Kier molecular flexibility index (Phi) is 3.49.